The molecule has 1 aromatic heterocycles. The minimum absolute atomic E-state index is 0.112. The topological polar surface area (TPSA) is 44.1 Å². The Balaban J connectivity index is 2.73. The number of rotatable bonds is 3. The summed E-state index contributed by atoms with van der Waals surface area (Å²) in [6, 6.07) is 3.01. The average Bonchev–Trinajstić information content (AvgIpc) is 2.83. The maximum Gasteiger partial charge on any atom is 0.434 e. The molecule has 112 valence electrons. The number of aromatic nitrogens is 2. The third-order valence-corrected chi connectivity index (χ3v) is 2.79. The van der Waals surface area contributed by atoms with Gasteiger partial charge in [-0.3, -0.25) is 4.79 Å². The molecule has 4 nitrogen and oxygen atoms in total. The molecule has 0 saturated carbocycles. The molecule has 0 aliphatic heterocycles. The molecule has 0 fully saturated rings. The van der Waals surface area contributed by atoms with Gasteiger partial charge in [-0.15, -0.1) is 0 Å². The Morgan fingerprint density at radius 1 is 1.33 bits per heavy atom. The largest absolute Gasteiger partial charge is 0.494 e. The van der Waals surface area contributed by atoms with Gasteiger partial charge in [0.05, 0.1) is 18.9 Å². The molecule has 0 amide bonds. The van der Waals surface area contributed by atoms with Gasteiger partial charge in [-0.05, 0) is 19.1 Å². The first kappa shape index (κ1) is 15.0. The van der Waals surface area contributed by atoms with Crippen LogP contribution in [0.5, 0.6) is 5.75 Å². The lowest BCUT2D eigenvalue weighted by Crippen LogP contribution is -2.17. The van der Waals surface area contributed by atoms with Crippen LogP contribution in [0.15, 0.2) is 24.4 Å². The SMILES string of the molecule is COc1cc(F)ccc1-n1ncc(C(C)=O)c1C(F)(F)F. The van der Waals surface area contributed by atoms with Crippen LogP contribution in [0, 0.1) is 5.82 Å². The van der Waals surface area contributed by atoms with Gasteiger partial charge in [0.1, 0.15) is 17.3 Å². The lowest BCUT2D eigenvalue weighted by molar-refractivity contribution is -0.143. The van der Waals surface area contributed by atoms with Crippen molar-refractivity contribution < 1.29 is 27.1 Å². The number of hydrogen-bond donors (Lipinski definition) is 0. The van der Waals surface area contributed by atoms with Crippen LogP contribution in [-0.2, 0) is 6.18 Å². The van der Waals surface area contributed by atoms with Crippen LogP contribution in [0.2, 0.25) is 0 Å². The highest BCUT2D eigenvalue weighted by molar-refractivity contribution is 5.95. The van der Waals surface area contributed by atoms with Gasteiger partial charge < -0.3 is 4.74 Å². The molecular formula is C13H10F4N2O2. The predicted molar refractivity (Wildman–Crippen MR) is 65.1 cm³/mol. The van der Waals surface area contributed by atoms with Gasteiger partial charge in [-0.25, -0.2) is 9.07 Å². The summed E-state index contributed by atoms with van der Waals surface area (Å²) in [7, 11) is 1.20. The molecule has 0 aliphatic carbocycles. The van der Waals surface area contributed by atoms with Crippen molar-refractivity contribution >= 4 is 5.78 Å². The predicted octanol–water partition coefficient (Wildman–Crippen LogP) is 3.24. The number of benzene rings is 1. The number of methoxy groups -OCH3 is 1. The van der Waals surface area contributed by atoms with Gasteiger partial charge in [0.25, 0.3) is 0 Å². The molecule has 2 aromatic rings. The Morgan fingerprint density at radius 2 is 2.00 bits per heavy atom. The summed E-state index contributed by atoms with van der Waals surface area (Å²) in [5.74, 6) is -1.56. The molecular weight excluding hydrogens is 292 g/mol. The van der Waals surface area contributed by atoms with E-state index in [0.29, 0.717) is 4.68 Å². The molecule has 2 rings (SSSR count). The summed E-state index contributed by atoms with van der Waals surface area (Å²) >= 11 is 0. The summed E-state index contributed by atoms with van der Waals surface area (Å²) in [5.41, 5.74) is -1.90. The van der Waals surface area contributed by atoms with Crippen molar-refractivity contribution in [2.75, 3.05) is 7.11 Å². The fourth-order valence-corrected chi connectivity index (χ4v) is 1.89. The summed E-state index contributed by atoms with van der Waals surface area (Å²) in [5, 5.41) is 3.59. The molecule has 1 aromatic carbocycles. The van der Waals surface area contributed by atoms with Gasteiger partial charge in [0.2, 0.25) is 0 Å². The van der Waals surface area contributed by atoms with E-state index in [4.69, 9.17) is 4.74 Å². The van der Waals surface area contributed by atoms with Crippen molar-refractivity contribution in [1.29, 1.82) is 0 Å². The average molecular weight is 302 g/mol. The van der Waals surface area contributed by atoms with Crippen molar-refractivity contribution in [3.05, 3.63) is 41.5 Å². The second-order valence-electron chi connectivity index (χ2n) is 4.19. The van der Waals surface area contributed by atoms with Gasteiger partial charge in [-0.2, -0.15) is 18.3 Å². The molecule has 0 radical (unpaired) electrons. The molecule has 0 spiro atoms. The van der Waals surface area contributed by atoms with E-state index < -0.39 is 29.0 Å². The zero-order valence-corrected chi connectivity index (χ0v) is 11.0. The van der Waals surface area contributed by atoms with Crippen LogP contribution in [-0.4, -0.2) is 22.7 Å². The highest BCUT2D eigenvalue weighted by atomic mass is 19.4. The summed E-state index contributed by atoms with van der Waals surface area (Å²) in [4.78, 5) is 11.3. The molecule has 0 aliphatic rings. The van der Waals surface area contributed by atoms with Gasteiger partial charge >= 0.3 is 6.18 Å². The maximum atomic E-state index is 13.2. The van der Waals surface area contributed by atoms with E-state index in [0.717, 1.165) is 31.3 Å². The van der Waals surface area contributed by atoms with E-state index in [1.165, 1.54) is 7.11 Å². The second kappa shape index (κ2) is 5.19. The monoisotopic (exact) mass is 302 g/mol. The summed E-state index contributed by atoms with van der Waals surface area (Å²) in [6.07, 6.45) is -3.97. The molecule has 8 heteroatoms. The van der Waals surface area contributed by atoms with Crippen molar-refractivity contribution in [2.24, 2.45) is 0 Å². The van der Waals surface area contributed by atoms with Crippen LogP contribution in [0.4, 0.5) is 17.6 Å². The van der Waals surface area contributed by atoms with Crippen molar-refractivity contribution in [3.63, 3.8) is 0 Å². The van der Waals surface area contributed by atoms with Crippen LogP contribution in [0.3, 0.4) is 0 Å². The van der Waals surface area contributed by atoms with Crippen molar-refractivity contribution in [3.8, 4) is 11.4 Å². The van der Waals surface area contributed by atoms with E-state index in [1.807, 2.05) is 0 Å². The Kier molecular flexibility index (Phi) is 3.71. The van der Waals surface area contributed by atoms with E-state index in [2.05, 4.69) is 5.10 Å². The quantitative estimate of drug-likeness (QED) is 0.646. The first-order valence-corrected chi connectivity index (χ1v) is 5.75. The second-order valence-corrected chi connectivity index (χ2v) is 4.19. The van der Waals surface area contributed by atoms with Crippen LogP contribution < -0.4 is 4.74 Å². The Hall–Kier alpha value is -2.38. The lowest BCUT2D eigenvalue weighted by atomic mass is 10.1. The van der Waals surface area contributed by atoms with Crippen LogP contribution in [0.1, 0.15) is 23.0 Å². The highest BCUT2D eigenvalue weighted by Crippen LogP contribution is 2.35. The third kappa shape index (κ3) is 2.74. The van der Waals surface area contributed by atoms with Crippen LogP contribution in [0.25, 0.3) is 5.69 Å². The molecule has 0 atom stereocenters. The van der Waals surface area contributed by atoms with E-state index in [-0.39, 0.29) is 11.4 Å². The van der Waals surface area contributed by atoms with Crippen LogP contribution >= 0.6 is 0 Å². The number of Topliss-reactive ketones (excluding diaryl/α,β-unsaturated/α-hetero) is 1. The zero-order valence-electron chi connectivity index (χ0n) is 11.0. The molecule has 0 N–H and O–H groups in total. The van der Waals surface area contributed by atoms with Crippen molar-refractivity contribution in [1.82, 2.24) is 9.78 Å². The fraction of sp³-hybridized carbons (Fsp3) is 0.231. The number of carbonyl (C=O) groups is 1. The minimum Gasteiger partial charge on any atom is -0.494 e. The Bertz CT molecular complexity index is 692. The molecule has 0 unspecified atom stereocenters. The number of carbonyl (C=O) groups excluding carboxylic acids is 1. The Labute approximate surface area is 116 Å². The molecule has 0 saturated heterocycles. The van der Waals surface area contributed by atoms with Gasteiger partial charge in [0, 0.05) is 6.07 Å². The molecule has 21 heavy (non-hydrogen) atoms. The van der Waals surface area contributed by atoms with Gasteiger partial charge in [0.15, 0.2) is 11.5 Å². The number of ketones is 1. The summed E-state index contributed by atoms with van der Waals surface area (Å²) < 4.78 is 58.0. The first-order valence-electron chi connectivity index (χ1n) is 5.75. The summed E-state index contributed by atoms with van der Waals surface area (Å²) in [6.45, 7) is 1.01. The zero-order chi connectivity index (χ0) is 15.8. The van der Waals surface area contributed by atoms with E-state index >= 15 is 0 Å². The number of alkyl halides is 3. The van der Waals surface area contributed by atoms with E-state index in [1.54, 1.807) is 0 Å². The number of hydrogen-bond acceptors (Lipinski definition) is 3. The third-order valence-electron chi connectivity index (χ3n) is 2.79. The Morgan fingerprint density at radius 3 is 2.52 bits per heavy atom. The molecule has 1 heterocycles. The van der Waals surface area contributed by atoms with E-state index in [9.17, 15) is 22.4 Å². The number of ether oxygens (including phenoxy) is 1. The normalized spacial score (nSPS) is 11.5. The number of halogens is 4. The molecule has 0 bridgehead atoms. The maximum absolute atomic E-state index is 13.2. The fourth-order valence-electron chi connectivity index (χ4n) is 1.89. The lowest BCUT2D eigenvalue weighted by Gasteiger charge is -2.14. The number of nitrogens with zero attached hydrogens (tertiary/aromatic N) is 2. The highest BCUT2D eigenvalue weighted by Gasteiger charge is 2.40. The minimum atomic E-state index is -4.79. The standard InChI is InChI=1S/C13H10F4N2O2/c1-7(20)9-6-18-19(12(9)13(15,16)17)10-4-3-8(14)5-11(10)21-2/h3-6H,1-2H3. The smallest absolute Gasteiger partial charge is 0.434 e. The van der Waals surface area contributed by atoms with Gasteiger partial charge in [-0.1, -0.05) is 0 Å². The van der Waals surface area contributed by atoms with Crippen molar-refractivity contribution in [2.45, 2.75) is 13.1 Å². The first-order chi connectivity index (χ1) is 9.75.